The molecular weight excluding hydrogens is 288 g/mol. The van der Waals surface area contributed by atoms with Gasteiger partial charge in [-0.3, -0.25) is 10.2 Å². The van der Waals surface area contributed by atoms with E-state index in [-0.39, 0.29) is 12.0 Å². The average Bonchev–Trinajstić information content (AvgIpc) is 2.73. The Kier molecular flexibility index (Phi) is 3.76. The van der Waals surface area contributed by atoms with Gasteiger partial charge in [-0.25, -0.2) is 0 Å². The van der Waals surface area contributed by atoms with Gasteiger partial charge >= 0.3 is 0 Å². The van der Waals surface area contributed by atoms with E-state index in [1.807, 2.05) is 52.0 Å². The molecule has 0 saturated carbocycles. The summed E-state index contributed by atoms with van der Waals surface area (Å²) in [5.74, 6) is 0.852. The summed E-state index contributed by atoms with van der Waals surface area (Å²) in [6.45, 7) is 7.85. The molecule has 3 rings (SSSR count). The van der Waals surface area contributed by atoms with Gasteiger partial charge in [0, 0.05) is 5.70 Å². The molecule has 1 heterocycles. The standard InChI is InChI=1S/C19H22N2O2/c1-12(2)23-15-8-9-16-13(10-15)6-5-7-14(16)11-17-19(3,4)18(22)21-20-17/h5-12,20H,1-4H3,(H,21,22)/b17-11-. The normalized spacial score (nSPS) is 18.3. The first-order chi connectivity index (χ1) is 10.9. The lowest BCUT2D eigenvalue weighted by Gasteiger charge is -2.15. The highest BCUT2D eigenvalue weighted by molar-refractivity contribution is 5.94. The zero-order chi connectivity index (χ0) is 16.6. The largest absolute Gasteiger partial charge is 0.491 e. The van der Waals surface area contributed by atoms with Gasteiger partial charge in [-0.15, -0.1) is 0 Å². The summed E-state index contributed by atoms with van der Waals surface area (Å²) in [5, 5.41) is 2.25. The number of amides is 1. The Hall–Kier alpha value is -2.49. The van der Waals surface area contributed by atoms with Crippen LogP contribution < -0.4 is 15.6 Å². The molecule has 0 spiro atoms. The van der Waals surface area contributed by atoms with E-state index in [0.29, 0.717) is 0 Å². The number of hydrazine groups is 1. The maximum absolute atomic E-state index is 11.9. The molecule has 0 unspecified atom stereocenters. The average molecular weight is 310 g/mol. The Morgan fingerprint density at radius 2 is 1.91 bits per heavy atom. The van der Waals surface area contributed by atoms with Gasteiger partial charge < -0.3 is 10.2 Å². The number of hydrogen-bond donors (Lipinski definition) is 2. The smallest absolute Gasteiger partial charge is 0.249 e. The number of carbonyl (C=O) groups is 1. The molecule has 0 radical (unpaired) electrons. The van der Waals surface area contributed by atoms with E-state index in [1.165, 1.54) is 0 Å². The van der Waals surface area contributed by atoms with Crippen LogP contribution in [0.5, 0.6) is 5.75 Å². The summed E-state index contributed by atoms with van der Waals surface area (Å²) in [5.41, 5.74) is 7.06. The van der Waals surface area contributed by atoms with Crippen molar-refractivity contribution in [3.05, 3.63) is 47.7 Å². The Bertz CT molecular complexity index is 791. The SMILES string of the molecule is CC(C)Oc1ccc2c(/C=C3\NNC(=O)C3(C)C)cccc2c1. The molecule has 2 N–H and O–H groups in total. The lowest BCUT2D eigenvalue weighted by atomic mass is 9.88. The molecule has 1 aliphatic heterocycles. The van der Waals surface area contributed by atoms with Gasteiger partial charge in [-0.1, -0.05) is 24.3 Å². The third kappa shape index (κ3) is 2.89. The molecule has 0 bridgehead atoms. The molecule has 1 saturated heterocycles. The van der Waals surface area contributed by atoms with Crippen molar-refractivity contribution in [2.75, 3.05) is 0 Å². The quantitative estimate of drug-likeness (QED) is 0.910. The van der Waals surface area contributed by atoms with Crippen LogP contribution in [-0.4, -0.2) is 12.0 Å². The molecule has 1 amide bonds. The minimum atomic E-state index is -0.553. The van der Waals surface area contributed by atoms with Crippen LogP contribution in [0.4, 0.5) is 0 Å². The number of hydrogen-bond acceptors (Lipinski definition) is 3. The van der Waals surface area contributed by atoms with Crippen LogP contribution >= 0.6 is 0 Å². The summed E-state index contributed by atoms with van der Waals surface area (Å²) < 4.78 is 5.76. The van der Waals surface area contributed by atoms with Gasteiger partial charge in [0.2, 0.25) is 5.91 Å². The van der Waals surface area contributed by atoms with E-state index in [1.54, 1.807) is 0 Å². The van der Waals surface area contributed by atoms with Gasteiger partial charge in [-0.2, -0.15) is 0 Å². The molecular formula is C19H22N2O2. The number of rotatable bonds is 3. The van der Waals surface area contributed by atoms with E-state index in [9.17, 15) is 4.79 Å². The van der Waals surface area contributed by atoms with Crippen molar-refractivity contribution in [1.82, 2.24) is 10.9 Å². The number of carbonyl (C=O) groups excluding carboxylic acids is 1. The molecule has 4 nitrogen and oxygen atoms in total. The predicted molar refractivity (Wildman–Crippen MR) is 92.7 cm³/mol. The van der Waals surface area contributed by atoms with Crippen molar-refractivity contribution in [2.24, 2.45) is 5.41 Å². The molecule has 1 aliphatic rings. The zero-order valence-corrected chi connectivity index (χ0v) is 13.9. The summed E-state index contributed by atoms with van der Waals surface area (Å²) in [6.07, 6.45) is 2.18. The lowest BCUT2D eigenvalue weighted by Crippen LogP contribution is -2.28. The van der Waals surface area contributed by atoms with Gasteiger partial charge in [0.15, 0.2) is 0 Å². The highest BCUT2D eigenvalue weighted by Crippen LogP contribution is 2.32. The second kappa shape index (κ2) is 5.61. The Labute approximate surface area is 136 Å². The first-order valence-electron chi connectivity index (χ1n) is 7.86. The summed E-state index contributed by atoms with van der Waals surface area (Å²) in [7, 11) is 0. The third-order valence-electron chi connectivity index (χ3n) is 4.11. The monoisotopic (exact) mass is 310 g/mol. The fourth-order valence-corrected chi connectivity index (χ4v) is 2.69. The Balaban J connectivity index is 2.04. The minimum absolute atomic E-state index is 0.0170. The van der Waals surface area contributed by atoms with Crippen molar-refractivity contribution in [3.63, 3.8) is 0 Å². The topological polar surface area (TPSA) is 50.4 Å². The molecule has 4 heteroatoms. The highest BCUT2D eigenvalue weighted by atomic mass is 16.5. The van der Waals surface area contributed by atoms with E-state index in [2.05, 4.69) is 29.1 Å². The van der Waals surface area contributed by atoms with Crippen LogP contribution in [-0.2, 0) is 4.79 Å². The summed E-state index contributed by atoms with van der Waals surface area (Å²) >= 11 is 0. The second-order valence-electron chi connectivity index (χ2n) is 6.66. The summed E-state index contributed by atoms with van der Waals surface area (Å²) in [6, 6.07) is 12.2. The van der Waals surface area contributed by atoms with Gasteiger partial charge in [-0.05, 0) is 62.2 Å². The molecule has 1 fully saturated rings. The minimum Gasteiger partial charge on any atom is -0.491 e. The van der Waals surface area contributed by atoms with Crippen LogP contribution in [0.1, 0.15) is 33.3 Å². The van der Waals surface area contributed by atoms with Crippen molar-refractivity contribution >= 4 is 22.8 Å². The van der Waals surface area contributed by atoms with Crippen molar-refractivity contribution in [3.8, 4) is 5.75 Å². The van der Waals surface area contributed by atoms with E-state index in [4.69, 9.17) is 4.74 Å². The molecule has 2 aromatic carbocycles. The van der Waals surface area contributed by atoms with E-state index >= 15 is 0 Å². The molecule has 2 aromatic rings. The van der Waals surface area contributed by atoms with Gasteiger partial charge in [0.05, 0.1) is 11.5 Å². The number of ether oxygens (including phenoxy) is 1. The van der Waals surface area contributed by atoms with E-state index < -0.39 is 5.41 Å². The van der Waals surface area contributed by atoms with Crippen LogP contribution in [0, 0.1) is 5.41 Å². The van der Waals surface area contributed by atoms with Crippen molar-refractivity contribution in [1.29, 1.82) is 0 Å². The van der Waals surface area contributed by atoms with Crippen molar-refractivity contribution in [2.45, 2.75) is 33.8 Å². The Morgan fingerprint density at radius 1 is 1.13 bits per heavy atom. The van der Waals surface area contributed by atoms with Crippen LogP contribution in [0.2, 0.25) is 0 Å². The van der Waals surface area contributed by atoms with Crippen LogP contribution in [0.3, 0.4) is 0 Å². The fourth-order valence-electron chi connectivity index (χ4n) is 2.69. The first-order valence-corrected chi connectivity index (χ1v) is 7.86. The highest BCUT2D eigenvalue weighted by Gasteiger charge is 2.37. The first kappa shape index (κ1) is 15.4. The number of fused-ring (bicyclic) bond motifs is 1. The van der Waals surface area contributed by atoms with E-state index in [0.717, 1.165) is 27.8 Å². The van der Waals surface area contributed by atoms with Gasteiger partial charge in [0.1, 0.15) is 5.75 Å². The molecule has 0 aliphatic carbocycles. The maximum atomic E-state index is 11.9. The van der Waals surface area contributed by atoms with Gasteiger partial charge in [0.25, 0.3) is 0 Å². The molecule has 0 aromatic heterocycles. The zero-order valence-electron chi connectivity index (χ0n) is 13.9. The lowest BCUT2D eigenvalue weighted by molar-refractivity contribution is -0.125. The molecule has 0 atom stereocenters. The molecule has 120 valence electrons. The van der Waals surface area contributed by atoms with Crippen molar-refractivity contribution < 1.29 is 9.53 Å². The maximum Gasteiger partial charge on any atom is 0.249 e. The predicted octanol–water partition coefficient (Wildman–Crippen LogP) is 3.63. The molecule has 23 heavy (non-hydrogen) atoms. The second-order valence-corrected chi connectivity index (χ2v) is 6.66. The fraction of sp³-hybridized carbons (Fsp3) is 0.316. The third-order valence-corrected chi connectivity index (χ3v) is 4.11. The Morgan fingerprint density at radius 3 is 2.57 bits per heavy atom. The van der Waals surface area contributed by atoms with Crippen LogP contribution in [0.25, 0.3) is 16.8 Å². The number of benzene rings is 2. The number of nitrogens with one attached hydrogen (secondary N) is 2. The summed E-state index contributed by atoms with van der Waals surface area (Å²) in [4.78, 5) is 11.9. The van der Waals surface area contributed by atoms with Crippen LogP contribution in [0.15, 0.2) is 42.1 Å².